The fourth-order valence-corrected chi connectivity index (χ4v) is 3.26. The summed E-state index contributed by atoms with van der Waals surface area (Å²) in [6, 6.07) is 13.1. The largest absolute Gasteiger partial charge is 0.325 e. The first kappa shape index (κ1) is 17.2. The minimum Gasteiger partial charge on any atom is -0.325 e. The first-order valence-electron chi connectivity index (χ1n) is 8.65. The number of anilines is 1. The maximum atomic E-state index is 12.9. The molecule has 0 bridgehead atoms. The van der Waals surface area contributed by atoms with Gasteiger partial charge in [-0.3, -0.25) is 9.59 Å². The zero-order valence-electron chi connectivity index (χ0n) is 15.2. The number of piperazine rings is 1. The summed E-state index contributed by atoms with van der Waals surface area (Å²) in [7, 11) is 0. The topological polar surface area (TPSA) is 40.6 Å². The lowest BCUT2D eigenvalue weighted by Crippen LogP contribution is -2.58. The molecule has 130 valence electrons. The van der Waals surface area contributed by atoms with Crippen molar-refractivity contribution in [3.8, 4) is 0 Å². The van der Waals surface area contributed by atoms with Crippen LogP contribution in [0.4, 0.5) is 5.69 Å². The third-order valence-electron chi connectivity index (χ3n) is 4.87. The number of benzene rings is 2. The summed E-state index contributed by atoms with van der Waals surface area (Å²) in [5.74, 6) is -0.109. The van der Waals surface area contributed by atoms with Crippen LogP contribution in [0.2, 0.25) is 0 Å². The lowest BCUT2D eigenvalue weighted by Gasteiger charge is -2.39. The van der Waals surface area contributed by atoms with Gasteiger partial charge in [0.2, 0.25) is 5.91 Å². The van der Waals surface area contributed by atoms with Crippen LogP contribution in [-0.4, -0.2) is 35.8 Å². The SMILES string of the molecule is Cc1ccc(C(=O)N2CCN(c3cc(C)ccc3C)C(=O)C2C)cc1. The van der Waals surface area contributed by atoms with Crippen molar-refractivity contribution in [2.45, 2.75) is 33.7 Å². The maximum absolute atomic E-state index is 12.9. The Hall–Kier alpha value is -2.62. The van der Waals surface area contributed by atoms with Crippen molar-refractivity contribution in [2.24, 2.45) is 0 Å². The van der Waals surface area contributed by atoms with Crippen LogP contribution < -0.4 is 4.90 Å². The molecule has 2 aromatic rings. The molecular formula is C21H24N2O2. The Balaban J connectivity index is 1.83. The summed E-state index contributed by atoms with van der Waals surface area (Å²) in [6.45, 7) is 8.89. The summed E-state index contributed by atoms with van der Waals surface area (Å²) < 4.78 is 0. The second-order valence-corrected chi connectivity index (χ2v) is 6.82. The number of carbonyl (C=O) groups excluding carboxylic acids is 2. The van der Waals surface area contributed by atoms with Gasteiger partial charge in [-0.05, 0) is 57.0 Å². The van der Waals surface area contributed by atoms with E-state index < -0.39 is 6.04 Å². The second kappa shape index (κ2) is 6.71. The highest BCUT2D eigenvalue weighted by molar-refractivity contribution is 6.03. The van der Waals surface area contributed by atoms with Crippen LogP contribution in [0.15, 0.2) is 42.5 Å². The quantitative estimate of drug-likeness (QED) is 0.842. The van der Waals surface area contributed by atoms with Gasteiger partial charge in [0.1, 0.15) is 6.04 Å². The van der Waals surface area contributed by atoms with E-state index in [9.17, 15) is 9.59 Å². The van der Waals surface area contributed by atoms with Gasteiger partial charge in [0.05, 0.1) is 0 Å². The third kappa shape index (κ3) is 3.29. The maximum Gasteiger partial charge on any atom is 0.254 e. The highest BCUT2D eigenvalue weighted by Crippen LogP contribution is 2.26. The first-order valence-corrected chi connectivity index (χ1v) is 8.65. The molecular weight excluding hydrogens is 312 g/mol. The van der Waals surface area contributed by atoms with Crippen LogP contribution in [-0.2, 0) is 4.79 Å². The molecule has 0 radical (unpaired) electrons. The fourth-order valence-electron chi connectivity index (χ4n) is 3.26. The van der Waals surface area contributed by atoms with E-state index in [2.05, 4.69) is 0 Å². The van der Waals surface area contributed by atoms with Crippen molar-refractivity contribution >= 4 is 17.5 Å². The summed E-state index contributed by atoms with van der Waals surface area (Å²) in [6.07, 6.45) is 0. The predicted octanol–water partition coefficient (Wildman–Crippen LogP) is 3.49. The van der Waals surface area contributed by atoms with E-state index in [0.717, 1.165) is 22.4 Å². The molecule has 1 heterocycles. The number of carbonyl (C=O) groups is 2. The van der Waals surface area contributed by atoms with Gasteiger partial charge in [0.15, 0.2) is 0 Å². The van der Waals surface area contributed by atoms with Crippen molar-refractivity contribution in [1.29, 1.82) is 0 Å². The number of nitrogens with zero attached hydrogens (tertiary/aromatic N) is 2. The number of aryl methyl sites for hydroxylation is 3. The number of hydrogen-bond donors (Lipinski definition) is 0. The van der Waals surface area contributed by atoms with E-state index >= 15 is 0 Å². The Morgan fingerprint density at radius 2 is 1.60 bits per heavy atom. The molecule has 2 aromatic carbocycles. The number of amides is 2. The smallest absolute Gasteiger partial charge is 0.254 e. The van der Waals surface area contributed by atoms with Crippen LogP contribution in [0.25, 0.3) is 0 Å². The number of rotatable bonds is 2. The molecule has 0 aromatic heterocycles. The van der Waals surface area contributed by atoms with Gasteiger partial charge in [-0.2, -0.15) is 0 Å². The van der Waals surface area contributed by atoms with Gasteiger partial charge in [0.25, 0.3) is 5.91 Å². The van der Waals surface area contributed by atoms with Crippen LogP contribution in [0, 0.1) is 20.8 Å². The normalized spacial score (nSPS) is 17.8. The Bertz CT molecular complexity index is 811. The van der Waals surface area contributed by atoms with E-state index in [4.69, 9.17) is 0 Å². The molecule has 0 spiro atoms. The summed E-state index contributed by atoms with van der Waals surface area (Å²) in [5, 5.41) is 0. The predicted molar refractivity (Wildman–Crippen MR) is 99.9 cm³/mol. The monoisotopic (exact) mass is 336 g/mol. The molecule has 2 amide bonds. The van der Waals surface area contributed by atoms with E-state index in [1.807, 2.05) is 75.1 Å². The van der Waals surface area contributed by atoms with E-state index in [-0.39, 0.29) is 11.8 Å². The molecule has 1 unspecified atom stereocenters. The first-order chi connectivity index (χ1) is 11.9. The number of hydrogen-bond acceptors (Lipinski definition) is 2. The van der Waals surface area contributed by atoms with Gasteiger partial charge in [-0.1, -0.05) is 29.8 Å². The summed E-state index contributed by atoms with van der Waals surface area (Å²) in [4.78, 5) is 29.2. The van der Waals surface area contributed by atoms with E-state index in [1.165, 1.54) is 0 Å². The van der Waals surface area contributed by atoms with Crippen molar-refractivity contribution in [1.82, 2.24) is 4.90 Å². The highest BCUT2D eigenvalue weighted by Gasteiger charge is 2.35. The van der Waals surface area contributed by atoms with Crippen LogP contribution in [0.1, 0.15) is 34.0 Å². The fraction of sp³-hybridized carbons (Fsp3) is 0.333. The molecule has 1 aliphatic heterocycles. The van der Waals surface area contributed by atoms with E-state index in [0.29, 0.717) is 18.7 Å². The molecule has 1 saturated heterocycles. The Morgan fingerprint density at radius 1 is 0.960 bits per heavy atom. The van der Waals surface area contributed by atoms with Crippen molar-refractivity contribution in [2.75, 3.05) is 18.0 Å². The Labute approximate surface area is 149 Å². The molecule has 0 N–H and O–H groups in total. The lowest BCUT2D eigenvalue weighted by molar-refractivity contribution is -0.124. The molecule has 1 aliphatic rings. The average molecular weight is 336 g/mol. The molecule has 25 heavy (non-hydrogen) atoms. The lowest BCUT2D eigenvalue weighted by atomic mass is 10.1. The zero-order valence-corrected chi connectivity index (χ0v) is 15.2. The molecule has 4 heteroatoms. The average Bonchev–Trinajstić information content (AvgIpc) is 2.60. The van der Waals surface area contributed by atoms with E-state index in [1.54, 1.807) is 4.90 Å². The summed E-state index contributed by atoms with van der Waals surface area (Å²) >= 11 is 0. The third-order valence-corrected chi connectivity index (χ3v) is 4.87. The van der Waals surface area contributed by atoms with Gasteiger partial charge in [-0.15, -0.1) is 0 Å². The van der Waals surface area contributed by atoms with Gasteiger partial charge < -0.3 is 9.80 Å². The molecule has 3 rings (SSSR count). The Kier molecular flexibility index (Phi) is 4.62. The molecule has 4 nitrogen and oxygen atoms in total. The molecule has 1 atom stereocenters. The molecule has 0 saturated carbocycles. The zero-order chi connectivity index (χ0) is 18.1. The van der Waals surface area contributed by atoms with Gasteiger partial charge in [0, 0.05) is 24.3 Å². The summed E-state index contributed by atoms with van der Waals surface area (Å²) in [5.41, 5.74) is 4.88. The molecule has 1 fully saturated rings. The van der Waals surface area contributed by atoms with Gasteiger partial charge >= 0.3 is 0 Å². The molecule has 0 aliphatic carbocycles. The van der Waals surface area contributed by atoms with Gasteiger partial charge in [-0.25, -0.2) is 0 Å². The standard InChI is InChI=1S/C21H24N2O2/c1-14-6-9-18(10-7-14)21(25)22-11-12-23(20(24)17(22)4)19-13-15(2)5-8-16(19)3/h5-10,13,17H,11-12H2,1-4H3. The Morgan fingerprint density at radius 3 is 2.28 bits per heavy atom. The second-order valence-electron chi connectivity index (χ2n) is 6.82. The minimum absolute atomic E-state index is 0.0274. The van der Waals surface area contributed by atoms with Crippen molar-refractivity contribution in [3.63, 3.8) is 0 Å². The van der Waals surface area contributed by atoms with Crippen molar-refractivity contribution in [3.05, 3.63) is 64.7 Å². The highest BCUT2D eigenvalue weighted by atomic mass is 16.2. The minimum atomic E-state index is -0.470. The van der Waals surface area contributed by atoms with Crippen LogP contribution >= 0.6 is 0 Å². The van der Waals surface area contributed by atoms with Crippen molar-refractivity contribution < 1.29 is 9.59 Å². The van der Waals surface area contributed by atoms with Crippen LogP contribution in [0.3, 0.4) is 0 Å². The van der Waals surface area contributed by atoms with Crippen LogP contribution in [0.5, 0.6) is 0 Å².